The molecule has 0 radical (unpaired) electrons. The van der Waals surface area contributed by atoms with E-state index >= 15 is 0 Å². The summed E-state index contributed by atoms with van der Waals surface area (Å²) in [6.45, 7) is 4.81. The second-order valence-corrected chi connectivity index (χ2v) is 5.43. The quantitative estimate of drug-likeness (QED) is 0.764. The average Bonchev–Trinajstić information content (AvgIpc) is 2.49. The number of methoxy groups -OCH3 is 1. The highest BCUT2D eigenvalue weighted by Crippen LogP contribution is 2.28. The fourth-order valence-electron chi connectivity index (χ4n) is 1.91. The number of amides is 1. The van der Waals surface area contributed by atoms with Crippen LogP contribution in [0.15, 0.2) is 18.2 Å². The minimum atomic E-state index is -0.471. The van der Waals surface area contributed by atoms with Crippen LogP contribution in [0.25, 0.3) is 0 Å². The minimum absolute atomic E-state index is 0.0553. The molecule has 1 aromatic carbocycles. The summed E-state index contributed by atoms with van der Waals surface area (Å²) < 4.78 is 18.2. The van der Waals surface area contributed by atoms with Crippen molar-refractivity contribution in [1.29, 1.82) is 0 Å². The van der Waals surface area contributed by atoms with Crippen molar-refractivity contribution < 1.29 is 13.9 Å². The first-order chi connectivity index (χ1) is 9.51. The molecule has 0 aromatic heterocycles. The van der Waals surface area contributed by atoms with E-state index in [2.05, 4.69) is 35.1 Å². The maximum absolute atomic E-state index is 13.3. The van der Waals surface area contributed by atoms with Crippen LogP contribution in [0.2, 0.25) is 0 Å². The number of ether oxygens (including phenoxy) is 1. The minimum Gasteiger partial charge on any atom is -0.494 e. The second kappa shape index (κ2) is 7.62. The fraction of sp³-hybridized carbons (Fsp3) is 0.533. The third-order valence-electron chi connectivity index (χ3n) is 3.82. The smallest absolute Gasteiger partial charge is 0.251 e. The van der Waals surface area contributed by atoms with E-state index in [9.17, 15) is 9.18 Å². The molecule has 0 atom stereocenters. The number of hydrogen-bond donors (Lipinski definition) is 1. The Balaban J connectivity index is 2.76. The molecule has 1 rings (SSSR count). The van der Waals surface area contributed by atoms with Gasteiger partial charge in [-0.1, -0.05) is 29.8 Å². The van der Waals surface area contributed by atoms with Gasteiger partial charge in [-0.15, -0.1) is 0 Å². The van der Waals surface area contributed by atoms with Crippen molar-refractivity contribution >= 4 is 21.8 Å². The van der Waals surface area contributed by atoms with Crippen molar-refractivity contribution in [2.24, 2.45) is 5.41 Å². The Morgan fingerprint density at radius 2 is 2.05 bits per heavy atom. The van der Waals surface area contributed by atoms with Gasteiger partial charge in [0.1, 0.15) is 0 Å². The van der Waals surface area contributed by atoms with Crippen molar-refractivity contribution in [3.05, 3.63) is 29.6 Å². The van der Waals surface area contributed by atoms with Crippen LogP contribution < -0.4 is 10.1 Å². The molecular weight excluding hydrogens is 325 g/mol. The van der Waals surface area contributed by atoms with Crippen molar-refractivity contribution in [1.82, 2.24) is 5.32 Å². The van der Waals surface area contributed by atoms with Crippen molar-refractivity contribution in [2.75, 3.05) is 19.0 Å². The Bertz CT molecular complexity index is 453. The zero-order chi connectivity index (χ0) is 15.2. The van der Waals surface area contributed by atoms with Gasteiger partial charge in [0, 0.05) is 17.4 Å². The van der Waals surface area contributed by atoms with E-state index in [0.29, 0.717) is 12.1 Å². The molecule has 0 unspecified atom stereocenters. The maximum atomic E-state index is 13.3. The van der Waals surface area contributed by atoms with E-state index in [-0.39, 0.29) is 17.1 Å². The van der Waals surface area contributed by atoms with Gasteiger partial charge >= 0.3 is 0 Å². The summed E-state index contributed by atoms with van der Waals surface area (Å²) in [6, 6.07) is 4.12. The number of hydrogen-bond acceptors (Lipinski definition) is 2. The number of carbonyl (C=O) groups excluding carboxylic acids is 1. The molecule has 3 nitrogen and oxygen atoms in total. The number of nitrogens with one attached hydrogen (secondary N) is 1. The van der Waals surface area contributed by atoms with Crippen molar-refractivity contribution in [3.63, 3.8) is 0 Å². The molecule has 0 saturated carbocycles. The van der Waals surface area contributed by atoms with E-state index in [0.717, 1.165) is 18.2 Å². The predicted molar refractivity (Wildman–Crippen MR) is 82.1 cm³/mol. The number of halogens is 2. The van der Waals surface area contributed by atoms with Gasteiger partial charge in [-0.25, -0.2) is 4.39 Å². The van der Waals surface area contributed by atoms with E-state index in [1.54, 1.807) is 0 Å². The molecule has 0 fully saturated rings. The summed E-state index contributed by atoms with van der Waals surface area (Å²) in [5, 5.41) is 3.75. The Morgan fingerprint density at radius 1 is 1.40 bits per heavy atom. The van der Waals surface area contributed by atoms with Gasteiger partial charge in [0.25, 0.3) is 5.91 Å². The van der Waals surface area contributed by atoms with Crippen LogP contribution in [0.4, 0.5) is 4.39 Å². The number of carbonyl (C=O) groups is 1. The first kappa shape index (κ1) is 17.0. The summed E-state index contributed by atoms with van der Waals surface area (Å²) in [5.74, 6) is -0.605. The lowest BCUT2D eigenvalue weighted by Gasteiger charge is -2.29. The number of alkyl halides is 1. The van der Waals surface area contributed by atoms with Crippen LogP contribution in [-0.2, 0) is 0 Å². The molecule has 0 aliphatic carbocycles. The first-order valence-electron chi connectivity index (χ1n) is 6.69. The normalized spacial score (nSPS) is 11.2. The monoisotopic (exact) mass is 345 g/mol. The van der Waals surface area contributed by atoms with Gasteiger partial charge in [-0.3, -0.25) is 4.79 Å². The molecule has 5 heteroatoms. The van der Waals surface area contributed by atoms with Crippen LogP contribution in [0, 0.1) is 11.2 Å². The topological polar surface area (TPSA) is 38.3 Å². The molecule has 0 aliphatic rings. The molecule has 1 aromatic rings. The largest absolute Gasteiger partial charge is 0.494 e. The molecule has 20 heavy (non-hydrogen) atoms. The summed E-state index contributed by atoms with van der Waals surface area (Å²) in [5.41, 5.74) is 0.457. The Kier molecular flexibility index (Phi) is 6.46. The van der Waals surface area contributed by atoms with Crippen LogP contribution in [0.3, 0.4) is 0 Å². The zero-order valence-corrected chi connectivity index (χ0v) is 13.7. The van der Waals surface area contributed by atoms with Gasteiger partial charge in [-0.2, -0.15) is 0 Å². The Morgan fingerprint density at radius 3 is 2.55 bits per heavy atom. The highest BCUT2D eigenvalue weighted by molar-refractivity contribution is 9.09. The number of benzene rings is 1. The SMILES string of the molecule is CCC(CC)(CBr)CNC(=O)c1ccc(F)c(OC)c1. The van der Waals surface area contributed by atoms with Crippen LogP contribution in [0.1, 0.15) is 37.0 Å². The standard InChI is InChI=1S/C15H21BrFNO2/c1-4-15(5-2,9-16)10-18-14(19)11-6-7-12(17)13(8-11)20-3/h6-8H,4-5,9-10H2,1-3H3,(H,18,19). The molecule has 1 amide bonds. The van der Waals surface area contributed by atoms with Crippen molar-refractivity contribution in [2.45, 2.75) is 26.7 Å². The second-order valence-electron chi connectivity index (χ2n) is 4.87. The molecule has 112 valence electrons. The number of rotatable bonds is 7. The lowest BCUT2D eigenvalue weighted by atomic mass is 9.84. The molecule has 0 aliphatic heterocycles. The zero-order valence-electron chi connectivity index (χ0n) is 12.1. The average molecular weight is 346 g/mol. The van der Waals surface area contributed by atoms with E-state index in [1.807, 2.05) is 0 Å². The predicted octanol–water partition coefficient (Wildman–Crippen LogP) is 3.77. The van der Waals surface area contributed by atoms with Gasteiger partial charge in [-0.05, 0) is 36.5 Å². The van der Waals surface area contributed by atoms with Crippen LogP contribution in [0.5, 0.6) is 5.75 Å². The lowest BCUT2D eigenvalue weighted by molar-refractivity contribution is 0.0932. The van der Waals surface area contributed by atoms with E-state index in [4.69, 9.17) is 4.74 Å². The highest BCUT2D eigenvalue weighted by Gasteiger charge is 2.25. The molecule has 0 bridgehead atoms. The van der Waals surface area contributed by atoms with Crippen LogP contribution >= 0.6 is 15.9 Å². The lowest BCUT2D eigenvalue weighted by Crippen LogP contribution is -2.38. The van der Waals surface area contributed by atoms with E-state index in [1.165, 1.54) is 25.3 Å². The van der Waals surface area contributed by atoms with Gasteiger partial charge < -0.3 is 10.1 Å². The molecule has 1 N–H and O–H groups in total. The summed E-state index contributed by atoms with van der Waals surface area (Å²) >= 11 is 3.51. The van der Waals surface area contributed by atoms with Gasteiger partial charge in [0.2, 0.25) is 0 Å². The summed E-state index contributed by atoms with van der Waals surface area (Å²) in [6.07, 6.45) is 1.95. The molecule has 0 saturated heterocycles. The summed E-state index contributed by atoms with van der Waals surface area (Å²) in [7, 11) is 1.38. The molecular formula is C15H21BrFNO2. The van der Waals surface area contributed by atoms with E-state index < -0.39 is 5.82 Å². The summed E-state index contributed by atoms with van der Waals surface area (Å²) in [4.78, 5) is 12.1. The van der Waals surface area contributed by atoms with Crippen molar-refractivity contribution in [3.8, 4) is 5.75 Å². The third kappa shape index (κ3) is 3.95. The van der Waals surface area contributed by atoms with Crippen LogP contribution in [-0.4, -0.2) is 24.9 Å². The third-order valence-corrected chi connectivity index (χ3v) is 5.01. The van der Waals surface area contributed by atoms with Gasteiger partial charge in [0.15, 0.2) is 11.6 Å². The Hall–Kier alpha value is -1.10. The Labute approximate surface area is 128 Å². The fourth-order valence-corrected chi connectivity index (χ4v) is 2.90. The molecule has 0 heterocycles. The highest BCUT2D eigenvalue weighted by atomic mass is 79.9. The van der Waals surface area contributed by atoms with Gasteiger partial charge in [0.05, 0.1) is 7.11 Å². The maximum Gasteiger partial charge on any atom is 0.251 e. The first-order valence-corrected chi connectivity index (χ1v) is 7.81. The molecule has 0 spiro atoms.